The van der Waals surface area contributed by atoms with E-state index in [2.05, 4.69) is 0 Å². The summed E-state index contributed by atoms with van der Waals surface area (Å²) in [6.45, 7) is 8.41. The third kappa shape index (κ3) is 3.82. The van der Waals surface area contributed by atoms with Crippen molar-refractivity contribution in [2.75, 3.05) is 0 Å². The number of halogens is 2. The van der Waals surface area contributed by atoms with E-state index in [9.17, 15) is 0 Å². The van der Waals surface area contributed by atoms with Gasteiger partial charge in [0.15, 0.2) is 0 Å². The van der Waals surface area contributed by atoms with Crippen LogP contribution in [0.5, 0.6) is 5.75 Å². The predicted octanol–water partition coefficient (Wildman–Crippen LogP) is 4.87. The van der Waals surface area contributed by atoms with Gasteiger partial charge in [-0.1, -0.05) is 53.5 Å². The third-order valence-corrected chi connectivity index (χ3v) is 5.31. The normalized spacial score (nSPS) is 18.4. The molecule has 0 unspecified atom stereocenters. The van der Waals surface area contributed by atoms with Crippen LogP contribution in [-0.4, -0.2) is 18.3 Å². The second-order valence-electron chi connectivity index (χ2n) is 7.16. The van der Waals surface area contributed by atoms with Crippen LogP contribution in [0, 0.1) is 0 Å². The summed E-state index contributed by atoms with van der Waals surface area (Å²) in [5, 5.41) is 0.974. The largest absolute Gasteiger partial charge is 0.500 e. The molecule has 1 fully saturated rings. The number of benzene rings is 2. The Kier molecular flexibility index (Phi) is 5.09. The summed E-state index contributed by atoms with van der Waals surface area (Å²) in [5.74, 6) is 0.569. The van der Waals surface area contributed by atoms with Crippen molar-refractivity contribution in [3.63, 3.8) is 0 Å². The van der Waals surface area contributed by atoms with Crippen LogP contribution in [0.15, 0.2) is 42.5 Å². The van der Waals surface area contributed by atoms with Crippen LogP contribution < -0.4 is 10.2 Å². The molecule has 1 aliphatic rings. The van der Waals surface area contributed by atoms with Gasteiger partial charge in [0, 0.05) is 15.5 Å². The maximum absolute atomic E-state index is 6.46. The van der Waals surface area contributed by atoms with E-state index in [1.165, 1.54) is 0 Å². The van der Waals surface area contributed by atoms with Crippen LogP contribution in [0.2, 0.25) is 10.0 Å². The molecule has 6 heteroatoms. The average molecular weight is 379 g/mol. The molecule has 0 spiro atoms. The van der Waals surface area contributed by atoms with Crippen molar-refractivity contribution in [3.05, 3.63) is 58.1 Å². The van der Waals surface area contributed by atoms with Gasteiger partial charge in [0.05, 0.1) is 11.2 Å². The smallest absolute Gasteiger partial charge is 0.489 e. The van der Waals surface area contributed by atoms with Gasteiger partial charge in [-0.2, -0.15) is 0 Å². The first kappa shape index (κ1) is 18.6. The SMILES string of the molecule is CC1(C)OB(c2c(Cl)cc(Cl)cc2OCc2ccccc2)OC1(C)C. The van der Waals surface area contributed by atoms with Crippen molar-refractivity contribution in [3.8, 4) is 5.75 Å². The van der Waals surface area contributed by atoms with Crippen molar-refractivity contribution < 1.29 is 14.0 Å². The molecule has 2 aromatic carbocycles. The monoisotopic (exact) mass is 378 g/mol. The van der Waals surface area contributed by atoms with E-state index in [1.807, 2.05) is 58.0 Å². The maximum atomic E-state index is 6.46. The van der Waals surface area contributed by atoms with Gasteiger partial charge in [-0.3, -0.25) is 0 Å². The summed E-state index contributed by atoms with van der Waals surface area (Å²) in [5.41, 5.74) is 0.799. The Labute approximate surface area is 159 Å². The highest BCUT2D eigenvalue weighted by Gasteiger charge is 2.53. The Morgan fingerprint density at radius 1 is 0.960 bits per heavy atom. The summed E-state index contributed by atoms with van der Waals surface area (Å²) in [4.78, 5) is 0. The van der Waals surface area contributed by atoms with E-state index < -0.39 is 18.3 Å². The molecule has 1 saturated heterocycles. The number of hydrogen-bond donors (Lipinski definition) is 0. The second kappa shape index (κ2) is 6.84. The highest BCUT2D eigenvalue weighted by molar-refractivity contribution is 6.67. The van der Waals surface area contributed by atoms with E-state index in [4.69, 9.17) is 37.2 Å². The maximum Gasteiger partial charge on any atom is 0.500 e. The van der Waals surface area contributed by atoms with E-state index >= 15 is 0 Å². The van der Waals surface area contributed by atoms with Crippen LogP contribution in [-0.2, 0) is 15.9 Å². The lowest BCUT2D eigenvalue weighted by Crippen LogP contribution is -2.41. The summed E-state index contributed by atoms with van der Waals surface area (Å²) < 4.78 is 18.3. The lowest BCUT2D eigenvalue weighted by molar-refractivity contribution is 0.00578. The van der Waals surface area contributed by atoms with Crippen LogP contribution in [0.1, 0.15) is 33.3 Å². The van der Waals surface area contributed by atoms with Crippen LogP contribution in [0.3, 0.4) is 0 Å². The highest BCUT2D eigenvalue weighted by Crippen LogP contribution is 2.38. The first-order valence-electron chi connectivity index (χ1n) is 8.21. The molecule has 1 heterocycles. The van der Waals surface area contributed by atoms with Gasteiger partial charge >= 0.3 is 7.12 Å². The van der Waals surface area contributed by atoms with Crippen molar-refractivity contribution in [1.82, 2.24) is 0 Å². The fourth-order valence-corrected chi connectivity index (χ4v) is 3.17. The molecular formula is C19H21BCl2O3. The van der Waals surface area contributed by atoms with Crippen molar-refractivity contribution in [2.24, 2.45) is 0 Å². The lowest BCUT2D eigenvalue weighted by atomic mass is 9.78. The predicted molar refractivity (Wildman–Crippen MR) is 103 cm³/mol. The number of rotatable bonds is 4. The molecule has 0 radical (unpaired) electrons. The molecule has 0 amide bonds. The topological polar surface area (TPSA) is 27.7 Å². The van der Waals surface area contributed by atoms with Crippen LogP contribution >= 0.6 is 23.2 Å². The number of ether oxygens (including phenoxy) is 1. The minimum Gasteiger partial charge on any atom is -0.489 e. The molecule has 0 bridgehead atoms. The van der Waals surface area contributed by atoms with E-state index in [-0.39, 0.29) is 0 Å². The molecule has 0 saturated carbocycles. The minimum absolute atomic E-state index is 0.407. The van der Waals surface area contributed by atoms with Gasteiger partial charge in [0.1, 0.15) is 12.4 Å². The molecule has 3 rings (SSSR count). The molecule has 1 aliphatic heterocycles. The molecule has 25 heavy (non-hydrogen) atoms. The van der Waals surface area contributed by atoms with Crippen LogP contribution in [0.4, 0.5) is 0 Å². The molecular weight excluding hydrogens is 358 g/mol. The quantitative estimate of drug-likeness (QED) is 0.710. The molecule has 3 nitrogen and oxygen atoms in total. The zero-order valence-electron chi connectivity index (χ0n) is 14.8. The lowest BCUT2D eigenvalue weighted by Gasteiger charge is -2.32. The van der Waals surface area contributed by atoms with Crippen molar-refractivity contribution in [1.29, 1.82) is 0 Å². The summed E-state index contributed by atoms with van der Waals surface area (Å²) >= 11 is 12.6. The van der Waals surface area contributed by atoms with Gasteiger partial charge in [0.25, 0.3) is 0 Å². The van der Waals surface area contributed by atoms with E-state index in [0.717, 1.165) is 5.56 Å². The third-order valence-electron chi connectivity index (χ3n) is 4.78. The fraction of sp³-hybridized carbons (Fsp3) is 0.368. The summed E-state index contributed by atoms with van der Waals surface area (Å²) in [6.07, 6.45) is 0. The molecule has 0 aromatic heterocycles. The second-order valence-corrected chi connectivity index (χ2v) is 8.01. The molecule has 0 N–H and O–H groups in total. The first-order chi connectivity index (χ1) is 11.7. The highest BCUT2D eigenvalue weighted by atomic mass is 35.5. The Hall–Kier alpha value is -1.20. The molecule has 132 valence electrons. The molecule has 2 aromatic rings. The molecule has 0 aliphatic carbocycles. The van der Waals surface area contributed by atoms with Gasteiger partial charge in [0.2, 0.25) is 0 Å². The Morgan fingerprint density at radius 2 is 1.56 bits per heavy atom. The standard InChI is InChI=1S/C19H21BCl2O3/c1-18(2)19(3,4)25-20(24-18)17-15(22)10-14(21)11-16(17)23-12-13-8-6-5-7-9-13/h5-11H,12H2,1-4H3. The fourth-order valence-electron chi connectivity index (χ4n) is 2.61. The summed E-state index contributed by atoms with van der Waals surface area (Å²) in [6, 6.07) is 13.3. The van der Waals surface area contributed by atoms with E-state index in [1.54, 1.807) is 12.1 Å². The zero-order chi connectivity index (χ0) is 18.2. The minimum atomic E-state index is -0.611. The van der Waals surface area contributed by atoms with Crippen molar-refractivity contribution >= 4 is 35.8 Å². The van der Waals surface area contributed by atoms with Gasteiger partial charge in [-0.25, -0.2) is 0 Å². The average Bonchev–Trinajstić information content (AvgIpc) is 2.73. The van der Waals surface area contributed by atoms with Crippen molar-refractivity contribution in [2.45, 2.75) is 45.5 Å². The van der Waals surface area contributed by atoms with Gasteiger partial charge in [-0.15, -0.1) is 0 Å². The number of hydrogen-bond acceptors (Lipinski definition) is 3. The van der Waals surface area contributed by atoms with Gasteiger partial charge in [-0.05, 0) is 45.4 Å². The molecule has 0 atom stereocenters. The Morgan fingerprint density at radius 3 is 2.16 bits per heavy atom. The van der Waals surface area contributed by atoms with Crippen LogP contribution in [0.25, 0.3) is 0 Å². The van der Waals surface area contributed by atoms with Gasteiger partial charge < -0.3 is 14.0 Å². The first-order valence-corrected chi connectivity index (χ1v) is 8.96. The zero-order valence-corrected chi connectivity index (χ0v) is 16.3. The summed E-state index contributed by atoms with van der Waals surface area (Å²) in [7, 11) is -0.611. The van der Waals surface area contributed by atoms with E-state index in [0.29, 0.717) is 27.9 Å². The Bertz CT molecular complexity index is 747. The Balaban J connectivity index is 1.91.